The highest BCUT2D eigenvalue weighted by Gasteiger charge is 2.16. The van der Waals surface area contributed by atoms with Crippen LogP contribution in [-0.2, 0) is 6.42 Å². The Morgan fingerprint density at radius 3 is 2.62 bits per heavy atom. The van der Waals surface area contributed by atoms with Gasteiger partial charge in [-0.2, -0.15) is 0 Å². The summed E-state index contributed by atoms with van der Waals surface area (Å²) < 4.78 is 5.66. The first kappa shape index (κ1) is 18.1. The summed E-state index contributed by atoms with van der Waals surface area (Å²) in [5, 5.41) is 4.87. The Labute approximate surface area is 156 Å². The van der Waals surface area contributed by atoms with Crippen LogP contribution in [0, 0.1) is 0 Å². The van der Waals surface area contributed by atoms with Crippen LogP contribution in [0.5, 0.6) is 5.75 Å². The van der Waals surface area contributed by atoms with Gasteiger partial charge in [0.05, 0.1) is 17.0 Å². The second-order valence-electron chi connectivity index (χ2n) is 5.92. The predicted octanol–water partition coefficient (Wildman–Crippen LogP) is 4.48. The van der Waals surface area contributed by atoms with E-state index in [0.29, 0.717) is 30.9 Å². The molecule has 2 aromatic carbocycles. The van der Waals surface area contributed by atoms with Crippen molar-refractivity contribution in [1.29, 1.82) is 0 Å². The number of hydrogen-bond donors (Lipinski definition) is 1. The lowest BCUT2D eigenvalue weighted by molar-refractivity contribution is 0.0951. The average Bonchev–Trinajstić information content (AvgIpc) is 3.11. The standard InChI is InChI=1S/C21H21NO3S/c1-3-25-18-10-8-15-6-4-5-7-17(15)20(18)21(24)22-13-12-16-9-11-19(26-16)14(2)23/h4-11H,3,12-13H2,1-2H3,(H,22,24). The number of nitrogens with one attached hydrogen (secondary N) is 1. The van der Waals surface area contributed by atoms with Crippen LogP contribution in [0.1, 0.15) is 38.8 Å². The van der Waals surface area contributed by atoms with Gasteiger partial charge in [-0.1, -0.05) is 30.3 Å². The molecule has 3 rings (SSSR count). The molecule has 0 unspecified atom stereocenters. The van der Waals surface area contributed by atoms with Crippen LogP contribution in [0.15, 0.2) is 48.5 Å². The van der Waals surface area contributed by atoms with Gasteiger partial charge in [-0.05, 0) is 49.2 Å². The summed E-state index contributed by atoms with van der Waals surface area (Å²) in [7, 11) is 0. The topological polar surface area (TPSA) is 55.4 Å². The van der Waals surface area contributed by atoms with Crippen molar-refractivity contribution < 1.29 is 14.3 Å². The molecule has 1 N–H and O–H groups in total. The lowest BCUT2D eigenvalue weighted by atomic mass is 10.0. The van der Waals surface area contributed by atoms with Crippen molar-refractivity contribution in [2.75, 3.05) is 13.2 Å². The molecule has 134 valence electrons. The van der Waals surface area contributed by atoms with Crippen molar-refractivity contribution in [1.82, 2.24) is 5.32 Å². The molecule has 0 saturated carbocycles. The summed E-state index contributed by atoms with van der Waals surface area (Å²) >= 11 is 1.48. The van der Waals surface area contributed by atoms with Gasteiger partial charge in [0.25, 0.3) is 5.91 Å². The SMILES string of the molecule is CCOc1ccc2ccccc2c1C(=O)NCCc1ccc(C(C)=O)s1. The van der Waals surface area contributed by atoms with Crippen LogP contribution in [0.3, 0.4) is 0 Å². The first-order valence-corrected chi connectivity index (χ1v) is 9.44. The van der Waals surface area contributed by atoms with Gasteiger partial charge in [0.15, 0.2) is 5.78 Å². The van der Waals surface area contributed by atoms with Crippen molar-refractivity contribution in [2.45, 2.75) is 20.3 Å². The van der Waals surface area contributed by atoms with Gasteiger partial charge in [0.1, 0.15) is 5.75 Å². The summed E-state index contributed by atoms with van der Waals surface area (Å²) in [4.78, 5) is 26.0. The van der Waals surface area contributed by atoms with E-state index in [1.54, 1.807) is 6.92 Å². The van der Waals surface area contributed by atoms with Gasteiger partial charge in [-0.3, -0.25) is 9.59 Å². The maximum Gasteiger partial charge on any atom is 0.255 e. The number of carbonyl (C=O) groups excluding carboxylic acids is 2. The monoisotopic (exact) mass is 367 g/mol. The number of ketones is 1. The largest absolute Gasteiger partial charge is 0.493 e. The van der Waals surface area contributed by atoms with Crippen molar-refractivity contribution in [3.63, 3.8) is 0 Å². The molecular formula is C21H21NO3S. The smallest absolute Gasteiger partial charge is 0.255 e. The zero-order valence-electron chi connectivity index (χ0n) is 14.9. The third-order valence-electron chi connectivity index (χ3n) is 4.08. The highest BCUT2D eigenvalue weighted by Crippen LogP contribution is 2.28. The van der Waals surface area contributed by atoms with Gasteiger partial charge in [-0.25, -0.2) is 0 Å². The van der Waals surface area contributed by atoms with Gasteiger partial charge < -0.3 is 10.1 Å². The van der Waals surface area contributed by atoms with Crippen LogP contribution in [0.25, 0.3) is 10.8 Å². The molecular weight excluding hydrogens is 346 g/mol. The molecule has 0 aliphatic carbocycles. The van der Waals surface area contributed by atoms with E-state index in [0.717, 1.165) is 20.5 Å². The Morgan fingerprint density at radius 1 is 1.08 bits per heavy atom. The molecule has 0 saturated heterocycles. The van der Waals surface area contributed by atoms with Gasteiger partial charge in [0.2, 0.25) is 0 Å². The highest BCUT2D eigenvalue weighted by molar-refractivity contribution is 7.14. The van der Waals surface area contributed by atoms with E-state index >= 15 is 0 Å². The van der Waals surface area contributed by atoms with Crippen molar-refractivity contribution in [2.24, 2.45) is 0 Å². The molecule has 0 bridgehead atoms. The number of fused-ring (bicyclic) bond motifs is 1. The number of carbonyl (C=O) groups is 2. The molecule has 1 aromatic heterocycles. The molecule has 1 heterocycles. The summed E-state index contributed by atoms with van der Waals surface area (Å²) in [6.45, 7) is 4.47. The molecule has 3 aromatic rings. The quantitative estimate of drug-likeness (QED) is 0.627. The number of amides is 1. The number of thiophene rings is 1. The fourth-order valence-electron chi connectivity index (χ4n) is 2.85. The maximum atomic E-state index is 12.8. The molecule has 0 fully saturated rings. The Balaban J connectivity index is 1.76. The van der Waals surface area contributed by atoms with Crippen molar-refractivity contribution in [3.05, 3.63) is 63.8 Å². The van der Waals surface area contributed by atoms with Gasteiger partial charge >= 0.3 is 0 Å². The van der Waals surface area contributed by atoms with Crippen LogP contribution in [0.2, 0.25) is 0 Å². The van der Waals surface area contributed by atoms with Gasteiger partial charge in [-0.15, -0.1) is 11.3 Å². The molecule has 4 nitrogen and oxygen atoms in total. The van der Waals surface area contributed by atoms with E-state index in [1.807, 2.05) is 55.5 Å². The number of rotatable bonds is 7. The Hall–Kier alpha value is -2.66. The number of hydrogen-bond acceptors (Lipinski definition) is 4. The van der Waals surface area contributed by atoms with E-state index in [9.17, 15) is 9.59 Å². The van der Waals surface area contributed by atoms with E-state index < -0.39 is 0 Å². The lowest BCUT2D eigenvalue weighted by Crippen LogP contribution is -2.26. The molecule has 5 heteroatoms. The summed E-state index contributed by atoms with van der Waals surface area (Å²) in [6, 6.07) is 15.4. The predicted molar refractivity (Wildman–Crippen MR) is 105 cm³/mol. The maximum absolute atomic E-state index is 12.8. The third-order valence-corrected chi connectivity index (χ3v) is 5.33. The Morgan fingerprint density at radius 2 is 1.88 bits per heavy atom. The van der Waals surface area contributed by atoms with Crippen LogP contribution in [0.4, 0.5) is 0 Å². The number of benzene rings is 2. The van der Waals surface area contributed by atoms with E-state index in [1.165, 1.54) is 11.3 Å². The summed E-state index contributed by atoms with van der Waals surface area (Å²) in [5.41, 5.74) is 0.570. The number of ether oxygens (including phenoxy) is 1. The molecule has 0 aliphatic rings. The average molecular weight is 367 g/mol. The third kappa shape index (κ3) is 3.94. The van der Waals surface area contributed by atoms with E-state index in [4.69, 9.17) is 4.74 Å². The van der Waals surface area contributed by atoms with Crippen LogP contribution < -0.4 is 10.1 Å². The first-order chi connectivity index (χ1) is 12.6. The minimum Gasteiger partial charge on any atom is -0.493 e. The Bertz CT molecular complexity index is 945. The normalized spacial score (nSPS) is 10.7. The zero-order valence-corrected chi connectivity index (χ0v) is 15.7. The Kier molecular flexibility index (Phi) is 5.68. The van der Waals surface area contributed by atoms with E-state index in [-0.39, 0.29) is 11.7 Å². The minimum absolute atomic E-state index is 0.0717. The van der Waals surface area contributed by atoms with E-state index in [2.05, 4.69) is 5.32 Å². The highest BCUT2D eigenvalue weighted by atomic mass is 32.1. The van der Waals surface area contributed by atoms with Crippen LogP contribution in [-0.4, -0.2) is 24.8 Å². The molecule has 26 heavy (non-hydrogen) atoms. The zero-order chi connectivity index (χ0) is 18.5. The fraction of sp³-hybridized carbons (Fsp3) is 0.238. The minimum atomic E-state index is -0.145. The molecule has 0 aliphatic heterocycles. The molecule has 1 amide bonds. The van der Waals surface area contributed by atoms with Gasteiger partial charge in [0, 0.05) is 11.4 Å². The number of Topliss-reactive ketones (excluding diaryl/α,β-unsaturated/α-hetero) is 1. The second kappa shape index (κ2) is 8.15. The van der Waals surface area contributed by atoms with Crippen LogP contribution >= 0.6 is 11.3 Å². The lowest BCUT2D eigenvalue weighted by Gasteiger charge is -2.13. The van der Waals surface area contributed by atoms with Crippen molar-refractivity contribution in [3.8, 4) is 5.75 Å². The summed E-state index contributed by atoms with van der Waals surface area (Å²) in [5.74, 6) is 0.523. The summed E-state index contributed by atoms with van der Waals surface area (Å²) in [6.07, 6.45) is 0.693. The first-order valence-electron chi connectivity index (χ1n) is 8.62. The molecule has 0 atom stereocenters. The molecule has 0 spiro atoms. The van der Waals surface area contributed by atoms with Crippen molar-refractivity contribution >= 4 is 33.8 Å². The molecule has 0 radical (unpaired) electrons. The fourth-order valence-corrected chi connectivity index (χ4v) is 3.75. The second-order valence-corrected chi connectivity index (χ2v) is 7.09.